The first-order chi connectivity index (χ1) is 9.63. The van der Waals surface area contributed by atoms with Crippen molar-refractivity contribution in [2.45, 2.75) is 6.92 Å². The number of nitriles is 1. The van der Waals surface area contributed by atoms with E-state index in [1.807, 2.05) is 31.2 Å². The van der Waals surface area contributed by atoms with Gasteiger partial charge in [0.1, 0.15) is 11.8 Å². The molecule has 0 saturated carbocycles. The Kier molecular flexibility index (Phi) is 4.49. The van der Waals surface area contributed by atoms with Crippen LogP contribution >= 0.6 is 15.9 Å². The van der Waals surface area contributed by atoms with Gasteiger partial charge in [0.05, 0.1) is 23.5 Å². The van der Waals surface area contributed by atoms with Crippen molar-refractivity contribution in [1.82, 2.24) is 0 Å². The molecule has 0 atom stereocenters. The lowest BCUT2D eigenvalue weighted by Gasteiger charge is -2.12. The molecule has 5 heteroatoms. The smallest absolute Gasteiger partial charge is 0.144 e. The van der Waals surface area contributed by atoms with Crippen LogP contribution in [0.3, 0.4) is 0 Å². The number of nitrogens with two attached hydrogens (primary N) is 1. The Morgan fingerprint density at radius 3 is 2.80 bits per heavy atom. The largest absolute Gasteiger partial charge is 0.492 e. The van der Waals surface area contributed by atoms with Crippen molar-refractivity contribution in [3.63, 3.8) is 0 Å². The minimum absolute atomic E-state index is 0.551. The van der Waals surface area contributed by atoms with Crippen LogP contribution in [0.5, 0.6) is 5.75 Å². The van der Waals surface area contributed by atoms with Gasteiger partial charge in [-0.15, -0.1) is 0 Å². The Labute approximate surface area is 126 Å². The Hall–Kier alpha value is -2.19. The van der Waals surface area contributed by atoms with Crippen molar-refractivity contribution in [2.75, 3.05) is 17.7 Å². The zero-order valence-electron chi connectivity index (χ0n) is 11.0. The molecule has 0 radical (unpaired) electrons. The van der Waals surface area contributed by atoms with Crippen LogP contribution in [0.25, 0.3) is 0 Å². The lowest BCUT2D eigenvalue weighted by Crippen LogP contribution is -1.99. The van der Waals surface area contributed by atoms with Gasteiger partial charge in [-0.3, -0.25) is 0 Å². The summed E-state index contributed by atoms with van der Waals surface area (Å²) < 4.78 is 6.32. The van der Waals surface area contributed by atoms with Crippen molar-refractivity contribution in [2.24, 2.45) is 0 Å². The van der Waals surface area contributed by atoms with E-state index in [0.29, 0.717) is 23.6 Å². The highest BCUT2D eigenvalue weighted by Crippen LogP contribution is 2.29. The molecule has 0 bridgehead atoms. The number of nitrogens with one attached hydrogen (secondary N) is 1. The lowest BCUT2D eigenvalue weighted by molar-refractivity contribution is 0.342. The highest BCUT2D eigenvalue weighted by atomic mass is 79.9. The predicted octanol–water partition coefficient (Wildman–Crippen LogP) is 4.05. The number of rotatable bonds is 4. The average Bonchev–Trinajstić information content (AvgIpc) is 2.44. The van der Waals surface area contributed by atoms with Crippen LogP contribution in [0.4, 0.5) is 17.1 Å². The number of anilines is 3. The summed E-state index contributed by atoms with van der Waals surface area (Å²) in [6.45, 7) is 2.46. The van der Waals surface area contributed by atoms with Crippen molar-refractivity contribution in [3.05, 3.63) is 46.4 Å². The Bertz CT molecular complexity index is 665. The highest BCUT2D eigenvalue weighted by molar-refractivity contribution is 9.10. The van der Waals surface area contributed by atoms with Gasteiger partial charge in [0.15, 0.2) is 0 Å². The van der Waals surface area contributed by atoms with Gasteiger partial charge in [-0.1, -0.05) is 15.9 Å². The zero-order chi connectivity index (χ0) is 14.5. The zero-order valence-corrected chi connectivity index (χ0v) is 12.6. The van der Waals surface area contributed by atoms with E-state index in [-0.39, 0.29) is 0 Å². The molecule has 0 heterocycles. The van der Waals surface area contributed by atoms with Crippen molar-refractivity contribution >= 4 is 33.0 Å². The number of ether oxygens (including phenoxy) is 1. The third kappa shape index (κ3) is 3.22. The van der Waals surface area contributed by atoms with Gasteiger partial charge in [-0.2, -0.15) is 5.26 Å². The van der Waals surface area contributed by atoms with E-state index in [4.69, 9.17) is 15.7 Å². The van der Waals surface area contributed by atoms with E-state index in [1.165, 1.54) is 0 Å². The van der Waals surface area contributed by atoms with Gasteiger partial charge < -0.3 is 15.8 Å². The summed E-state index contributed by atoms with van der Waals surface area (Å²) in [5.74, 6) is 0.633. The summed E-state index contributed by atoms with van der Waals surface area (Å²) in [7, 11) is 0. The molecule has 2 aromatic rings. The maximum absolute atomic E-state index is 9.15. The van der Waals surface area contributed by atoms with Crippen LogP contribution in [0.15, 0.2) is 40.9 Å². The van der Waals surface area contributed by atoms with E-state index in [0.717, 1.165) is 15.8 Å². The molecule has 0 spiro atoms. The molecule has 3 N–H and O–H groups in total. The SMILES string of the molecule is CCOc1cc(Nc2ccc(Br)cc2C#N)ccc1N. The molecule has 0 aliphatic rings. The van der Waals surface area contributed by atoms with Gasteiger partial charge >= 0.3 is 0 Å². The summed E-state index contributed by atoms with van der Waals surface area (Å²) >= 11 is 3.35. The first kappa shape index (κ1) is 14.2. The maximum atomic E-state index is 9.15. The van der Waals surface area contributed by atoms with Crippen LogP contribution < -0.4 is 15.8 Å². The van der Waals surface area contributed by atoms with Gasteiger partial charge in [-0.25, -0.2) is 0 Å². The van der Waals surface area contributed by atoms with Crippen LogP contribution in [0.1, 0.15) is 12.5 Å². The van der Waals surface area contributed by atoms with Crippen molar-refractivity contribution in [1.29, 1.82) is 5.26 Å². The van der Waals surface area contributed by atoms with Crippen LogP contribution in [0, 0.1) is 11.3 Å². The molecule has 0 fully saturated rings. The predicted molar refractivity (Wildman–Crippen MR) is 84.2 cm³/mol. The second-order valence-corrected chi connectivity index (χ2v) is 5.03. The Morgan fingerprint density at radius 2 is 2.10 bits per heavy atom. The molecule has 0 aliphatic carbocycles. The van der Waals surface area contributed by atoms with Crippen LogP contribution in [0.2, 0.25) is 0 Å². The molecular formula is C15H14BrN3O. The van der Waals surface area contributed by atoms with Gasteiger partial charge in [-0.05, 0) is 37.3 Å². The highest BCUT2D eigenvalue weighted by Gasteiger charge is 2.06. The first-order valence-corrected chi connectivity index (χ1v) is 6.92. The summed E-state index contributed by atoms with van der Waals surface area (Å²) in [5.41, 5.74) is 8.55. The van der Waals surface area contributed by atoms with E-state index in [1.54, 1.807) is 12.1 Å². The topological polar surface area (TPSA) is 71.1 Å². The van der Waals surface area contributed by atoms with Gasteiger partial charge in [0.2, 0.25) is 0 Å². The monoisotopic (exact) mass is 331 g/mol. The number of halogens is 1. The van der Waals surface area contributed by atoms with Crippen LogP contribution in [-0.4, -0.2) is 6.61 Å². The molecule has 0 aliphatic heterocycles. The Balaban J connectivity index is 2.31. The fourth-order valence-electron chi connectivity index (χ4n) is 1.77. The lowest BCUT2D eigenvalue weighted by atomic mass is 10.2. The van der Waals surface area contributed by atoms with Gasteiger partial charge in [0.25, 0.3) is 0 Å². The molecule has 0 aromatic heterocycles. The van der Waals surface area contributed by atoms with Crippen molar-refractivity contribution in [3.8, 4) is 11.8 Å². The minimum atomic E-state index is 0.551. The van der Waals surface area contributed by atoms with Crippen LogP contribution in [-0.2, 0) is 0 Å². The van der Waals surface area contributed by atoms with Gasteiger partial charge in [0, 0.05) is 16.2 Å². The fourth-order valence-corrected chi connectivity index (χ4v) is 2.13. The Morgan fingerprint density at radius 1 is 1.30 bits per heavy atom. The van der Waals surface area contributed by atoms with E-state index < -0.39 is 0 Å². The van der Waals surface area contributed by atoms with E-state index >= 15 is 0 Å². The molecule has 20 heavy (non-hydrogen) atoms. The second-order valence-electron chi connectivity index (χ2n) is 4.11. The molecule has 4 nitrogen and oxygen atoms in total. The minimum Gasteiger partial charge on any atom is -0.492 e. The summed E-state index contributed by atoms with van der Waals surface area (Å²) in [5, 5.41) is 12.3. The van der Waals surface area contributed by atoms with E-state index in [9.17, 15) is 0 Å². The number of nitrogens with zero attached hydrogens (tertiary/aromatic N) is 1. The average molecular weight is 332 g/mol. The summed E-state index contributed by atoms with van der Waals surface area (Å²) in [6, 6.07) is 13.1. The van der Waals surface area contributed by atoms with E-state index in [2.05, 4.69) is 27.3 Å². The molecule has 2 aromatic carbocycles. The number of hydrogen-bond donors (Lipinski definition) is 2. The molecule has 0 amide bonds. The molecule has 0 saturated heterocycles. The quantitative estimate of drug-likeness (QED) is 0.829. The molecular weight excluding hydrogens is 318 g/mol. The fraction of sp³-hybridized carbons (Fsp3) is 0.133. The standard InChI is InChI=1S/C15H14BrN3O/c1-2-20-15-8-12(4-5-13(15)18)19-14-6-3-11(16)7-10(14)9-17/h3-8,19H,2,18H2,1H3. The van der Waals surface area contributed by atoms with Crippen molar-refractivity contribution < 1.29 is 4.74 Å². The third-order valence-electron chi connectivity index (χ3n) is 2.69. The molecule has 2 rings (SSSR count). The third-order valence-corrected chi connectivity index (χ3v) is 3.19. The summed E-state index contributed by atoms with van der Waals surface area (Å²) in [4.78, 5) is 0. The number of nitrogen functional groups attached to an aromatic ring is 1. The molecule has 0 unspecified atom stereocenters. The normalized spacial score (nSPS) is 9.85. The number of benzene rings is 2. The summed E-state index contributed by atoms with van der Waals surface area (Å²) in [6.07, 6.45) is 0. The molecule has 102 valence electrons. The first-order valence-electron chi connectivity index (χ1n) is 6.13. The number of hydrogen-bond acceptors (Lipinski definition) is 4. The second kappa shape index (κ2) is 6.31. The maximum Gasteiger partial charge on any atom is 0.144 e.